The van der Waals surface area contributed by atoms with Gasteiger partial charge in [-0.3, -0.25) is 14.6 Å². The summed E-state index contributed by atoms with van der Waals surface area (Å²) < 4.78 is 0. The van der Waals surface area contributed by atoms with Gasteiger partial charge in [-0.05, 0) is 36.2 Å². The Morgan fingerprint density at radius 2 is 2.00 bits per heavy atom. The SMILES string of the molecule is CN(CC(=O)Nc1ccc(Cl)c(Cl)c1)C(=O)CCc1cccnc1. The molecule has 0 atom stereocenters. The van der Waals surface area contributed by atoms with E-state index in [4.69, 9.17) is 23.2 Å². The molecule has 2 amide bonds. The summed E-state index contributed by atoms with van der Waals surface area (Å²) in [6.07, 6.45) is 4.32. The zero-order valence-corrected chi connectivity index (χ0v) is 14.6. The number of aryl methyl sites for hydroxylation is 1. The third kappa shape index (κ3) is 5.51. The Morgan fingerprint density at radius 3 is 2.67 bits per heavy atom. The number of likely N-dealkylation sites (N-methyl/N-ethyl adjacent to an activating group) is 1. The van der Waals surface area contributed by atoms with Crippen LogP contribution in [-0.4, -0.2) is 35.3 Å². The maximum atomic E-state index is 12.1. The minimum Gasteiger partial charge on any atom is -0.336 e. The van der Waals surface area contributed by atoms with E-state index in [9.17, 15) is 9.59 Å². The van der Waals surface area contributed by atoms with E-state index in [0.717, 1.165) is 5.56 Å². The molecule has 0 aliphatic carbocycles. The van der Waals surface area contributed by atoms with Gasteiger partial charge in [-0.15, -0.1) is 0 Å². The minimum atomic E-state index is -0.300. The zero-order valence-electron chi connectivity index (χ0n) is 13.1. The number of halogens is 2. The molecule has 0 bridgehead atoms. The number of pyridine rings is 1. The number of aromatic nitrogens is 1. The van der Waals surface area contributed by atoms with E-state index in [2.05, 4.69) is 10.3 Å². The van der Waals surface area contributed by atoms with Gasteiger partial charge >= 0.3 is 0 Å². The maximum absolute atomic E-state index is 12.1. The average molecular weight is 366 g/mol. The summed E-state index contributed by atoms with van der Waals surface area (Å²) in [5, 5.41) is 3.45. The fourth-order valence-electron chi connectivity index (χ4n) is 2.07. The molecule has 7 heteroatoms. The van der Waals surface area contributed by atoms with Crippen LogP contribution in [-0.2, 0) is 16.0 Å². The number of amides is 2. The first-order valence-corrected chi connectivity index (χ1v) is 8.09. The number of rotatable bonds is 6. The standard InChI is InChI=1S/C17H17Cl2N3O2/c1-22(17(24)7-4-12-3-2-8-20-10-12)11-16(23)21-13-5-6-14(18)15(19)9-13/h2-3,5-6,8-10H,4,7,11H2,1H3,(H,21,23). The van der Waals surface area contributed by atoms with Crippen molar-refractivity contribution >= 4 is 40.7 Å². The molecule has 0 spiro atoms. The molecule has 2 aromatic rings. The van der Waals surface area contributed by atoms with E-state index >= 15 is 0 Å². The largest absolute Gasteiger partial charge is 0.336 e. The van der Waals surface area contributed by atoms with Crippen molar-refractivity contribution in [3.63, 3.8) is 0 Å². The number of nitrogens with zero attached hydrogens (tertiary/aromatic N) is 2. The summed E-state index contributed by atoms with van der Waals surface area (Å²) >= 11 is 11.7. The molecule has 2 rings (SSSR count). The smallest absolute Gasteiger partial charge is 0.243 e. The summed E-state index contributed by atoms with van der Waals surface area (Å²) in [4.78, 5) is 29.5. The monoisotopic (exact) mass is 365 g/mol. The highest BCUT2D eigenvalue weighted by Crippen LogP contribution is 2.24. The van der Waals surface area contributed by atoms with Gasteiger partial charge in [0.05, 0.1) is 16.6 Å². The van der Waals surface area contributed by atoms with E-state index in [1.807, 2.05) is 12.1 Å². The lowest BCUT2D eigenvalue weighted by Crippen LogP contribution is -2.35. The lowest BCUT2D eigenvalue weighted by molar-refractivity contribution is -0.133. The molecule has 1 aromatic heterocycles. The highest BCUT2D eigenvalue weighted by Gasteiger charge is 2.13. The van der Waals surface area contributed by atoms with Gasteiger partial charge in [-0.2, -0.15) is 0 Å². The van der Waals surface area contributed by atoms with E-state index in [1.165, 1.54) is 4.90 Å². The fourth-order valence-corrected chi connectivity index (χ4v) is 2.36. The molecule has 0 saturated carbocycles. The van der Waals surface area contributed by atoms with Crippen LogP contribution in [0.5, 0.6) is 0 Å². The summed E-state index contributed by atoms with van der Waals surface area (Å²) in [6, 6.07) is 8.55. The highest BCUT2D eigenvalue weighted by molar-refractivity contribution is 6.42. The highest BCUT2D eigenvalue weighted by atomic mass is 35.5. The Labute approximate surface area is 150 Å². The first-order chi connectivity index (χ1) is 11.5. The third-order valence-electron chi connectivity index (χ3n) is 3.36. The van der Waals surface area contributed by atoms with Crippen molar-refractivity contribution in [2.45, 2.75) is 12.8 Å². The summed E-state index contributed by atoms with van der Waals surface area (Å²) in [7, 11) is 1.60. The van der Waals surface area contributed by atoms with Crippen LogP contribution in [0.2, 0.25) is 10.0 Å². The topological polar surface area (TPSA) is 62.3 Å². The van der Waals surface area contributed by atoms with E-state index in [-0.39, 0.29) is 18.4 Å². The molecule has 126 valence electrons. The molecule has 0 saturated heterocycles. The van der Waals surface area contributed by atoms with E-state index in [0.29, 0.717) is 28.6 Å². The molecule has 1 N–H and O–H groups in total. The van der Waals surface area contributed by atoms with Crippen molar-refractivity contribution < 1.29 is 9.59 Å². The Kier molecular flexibility index (Phi) is 6.58. The molecule has 0 radical (unpaired) electrons. The quantitative estimate of drug-likeness (QED) is 0.852. The van der Waals surface area contributed by atoms with Gasteiger partial charge < -0.3 is 10.2 Å². The van der Waals surface area contributed by atoms with Gasteiger partial charge in [0.1, 0.15) is 0 Å². The van der Waals surface area contributed by atoms with Gasteiger partial charge in [0.15, 0.2) is 0 Å². The second-order valence-corrected chi connectivity index (χ2v) is 6.10. The predicted octanol–water partition coefficient (Wildman–Crippen LogP) is 3.42. The third-order valence-corrected chi connectivity index (χ3v) is 4.10. The zero-order chi connectivity index (χ0) is 17.5. The molecule has 5 nitrogen and oxygen atoms in total. The second-order valence-electron chi connectivity index (χ2n) is 5.29. The van der Waals surface area contributed by atoms with Gasteiger partial charge in [0.25, 0.3) is 0 Å². The number of anilines is 1. The van der Waals surface area contributed by atoms with Crippen molar-refractivity contribution in [2.24, 2.45) is 0 Å². The molecule has 1 heterocycles. The lowest BCUT2D eigenvalue weighted by Gasteiger charge is -2.17. The van der Waals surface area contributed by atoms with Gasteiger partial charge in [0, 0.05) is 31.5 Å². The van der Waals surface area contributed by atoms with Crippen LogP contribution in [0.3, 0.4) is 0 Å². The Bertz CT molecular complexity index is 723. The summed E-state index contributed by atoms with van der Waals surface area (Å²) in [6.45, 7) is -0.0356. The van der Waals surface area contributed by atoms with Crippen molar-refractivity contribution in [2.75, 3.05) is 18.9 Å². The Hall–Kier alpha value is -2.11. The van der Waals surface area contributed by atoms with Crippen LogP contribution in [0.1, 0.15) is 12.0 Å². The van der Waals surface area contributed by atoms with Crippen LogP contribution >= 0.6 is 23.2 Å². The van der Waals surface area contributed by atoms with Crippen molar-refractivity contribution in [1.82, 2.24) is 9.88 Å². The molecule has 0 aliphatic rings. The first-order valence-electron chi connectivity index (χ1n) is 7.33. The van der Waals surface area contributed by atoms with Crippen LogP contribution < -0.4 is 5.32 Å². The van der Waals surface area contributed by atoms with Crippen LogP contribution in [0.4, 0.5) is 5.69 Å². The molecule has 1 aromatic carbocycles. The van der Waals surface area contributed by atoms with E-state index in [1.54, 1.807) is 37.6 Å². The van der Waals surface area contributed by atoms with Crippen LogP contribution in [0.25, 0.3) is 0 Å². The minimum absolute atomic E-state index is 0.0356. The number of benzene rings is 1. The fraction of sp³-hybridized carbons (Fsp3) is 0.235. The van der Waals surface area contributed by atoms with Crippen LogP contribution in [0, 0.1) is 0 Å². The molecular weight excluding hydrogens is 349 g/mol. The number of hydrogen-bond donors (Lipinski definition) is 1. The molecule has 0 fully saturated rings. The molecule has 24 heavy (non-hydrogen) atoms. The Balaban J connectivity index is 1.81. The van der Waals surface area contributed by atoms with Crippen molar-refractivity contribution in [3.05, 3.63) is 58.3 Å². The summed E-state index contributed by atoms with van der Waals surface area (Å²) in [5.41, 5.74) is 1.52. The van der Waals surface area contributed by atoms with Gasteiger partial charge in [-0.25, -0.2) is 0 Å². The number of nitrogens with one attached hydrogen (secondary N) is 1. The molecular formula is C17H17Cl2N3O2. The van der Waals surface area contributed by atoms with E-state index < -0.39 is 0 Å². The molecule has 0 aliphatic heterocycles. The molecule has 0 unspecified atom stereocenters. The maximum Gasteiger partial charge on any atom is 0.243 e. The van der Waals surface area contributed by atoms with Gasteiger partial charge in [-0.1, -0.05) is 29.3 Å². The van der Waals surface area contributed by atoms with Gasteiger partial charge in [0.2, 0.25) is 11.8 Å². The number of hydrogen-bond acceptors (Lipinski definition) is 3. The summed E-state index contributed by atoms with van der Waals surface area (Å²) in [5.74, 6) is -0.409. The average Bonchev–Trinajstić information content (AvgIpc) is 2.56. The lowest BCUT2D eigenvalue weighted by atomic mass is 10.1. The van der Waals surface area contributed by atoms with Crippen molar-refractivity contribution in [1.29, 1.82) is 0 Å². The van der Waals surface area contributed by atoms with Crippen LogP contribution in [0.15, 0.2) is 42.7 Å². The second kappa shape index (κ2) is 8.66. The number of carbonyl (C=O) groups excluding carboxylic acids is 2. The first kappa shape index (κ1) is 18.2. The Morgan fingerprint density at radius 1 is 1.21 bits per heavy atom. The van der Waals surface area contributed by atoms with Crippen molar-refractivity contribution in [3.8, 4) is 0 Å². The number of carbonyl (C=O) groups is 2. The predicted molar refractivity (Wildman–Crippen MR) is 95.3 cm³/mol. The normalized spacial score (nSPS) is 10.3.